The van der Waals surface area contributed by atoms with E-state index in [0.29, 0.717) is 0 Å². The molecule has 0 aromatic carbocycles. The summed E-state index contributed by atoms with van der Waals surface area (Å²) in [4.78, 5) is 12.8. The molecule has 3 rings (SSSR count). The molecule has 3 aromatic rings. The van der Waals surface area contributed by atoms with Gasteiger partial charge < -0.3 is 0 Å². The molecule has 0 N–H and O–H groups in total. The summed E-state index contributed by atoms with van der Waals surface area (Å²) in [6, 6.07) is 5.74. The summed E-state index contributed by atoms with van der Waals surface area (Å²) < 4.78 is 1.80. The van der Waals surface area contributed by atoms with Crippen molar-refractivity contribution in [3.63, 3.8) is 0 Å². The monoisotopic (exact) mass is 315 g/mol. The van der Waals surface area contributed by atoms with Crippen molar-refractivity contribution in [1.29, 1.82) is 0 Å². The first kappa shape index (κ1) is 20.7. The van der Waals surface area contributed by atoms with E-state index in [1.54, 1.807) is 17.0 Å². The number of rotatable bonds is 1. The third kappa shape index (κ3) is 5.13. The van der Waals surface area contributed by atoms with Crippen LogP contribution in [-0.4, -0.2) is 24.6 Å². The van der Waals surface area contributed by atoms with E-state index in [9.17, 15) is 0 Å². The van der Waals surface area contributed by atoms with E-state index in [4.69, 9.17) is 0 Å². The molecular formula is C18H29N5. The highest BCUT2D eigenvalue weighted by molar-refractivity contribution is 5.62. The normalized spacial score (nSPS) is 8.87. The molecule has 0 aliphatic rings. The lowest BCUT2D eigenvalue weighted by Gasteiger charge is -2.01. The predicted octanol–water partition coefficient (Wildman–Crippen LogP) is 4.88. The van der Waals surface area contributed by atoms with Gasteiger partial charge in [0.2, 0.25) is 0 Å². The van der Waals surface area contributed by atoms with Gasteiger partial charge in [0.15, 0.2) is 5.65 Å². The summed E-state index contributed by atoms with van der Waals surface area (Å²) in [6.07, 6.45) is 3.30. The van der Waals surface area contributed by atoms with E-state index in [0.717, 1.165) is 28.4 Å². The molecule has 3 aromatic heterocycles. The molecule has 126 valence electrons. The molecule has 0 spiro atoms. The zero-order chi connectivity index (χ0) is 17.8. The Labute approximate surface area is 139 Å². The van der Waals surface area contributed by atoms with E-state index < -0.39 is 0 Å². The lowest BCUT2D eigenvalue weighted by atomic mass is 10.2. The molecule has 0 atom stereocenters. The van der Waals surface area contributed by atoms with Gasteiger partial charge in [-0.05, 0) is 32.0 Å². The van der Waals surface area contributed by atoms with Crippen molar-refractivity contribution in [2.45, 2.75) is 55.4 Å². The molecule has 0 amide bonds. The second-order valence-electron chi connectivity index (χ2n) is 3.88. The highest BCUT2D eigenvalue weighted by atomic mass is 15.3. The minimum absolute atomic E-state index is 0.830. The molecule has 0 saturated heterocycles. The van der Waals surface area contributed by atoms with Crippen LogP contribution in [0.5, 0.6) is 0 Å². The molecule has 0 aliphatic heterocycles. The van der Waals surface area contributed by atoms with Crippen LogP contribution in [0.2, 0.25) is 0 Å². The summed E-state index contributed by atoms with van der Waals surface area (Å²) in [7, 11) is 0. The lowest BCUT2D eigenvalue weighted by molar-refractivity contribution is 0.933. The SMILES string of the molecule is CC.CC.CC.Cc1cc(-c2c(C)nc3cccnn23)ncn1. The number of hydrogen-bond donors (Lipinski definition) is 0. The first-order chi connectivity index (χ1) is 11.3. The predicted molar refractivity (Wildman–Crippen MR) is 97.5 cm³/mol. The van der Waals surface area contributed by atoms with Gasteiger partial charge in [0.1, 0.15) is 12.0 Å². The zero-order valence-electron chi connectivity index (χ0n) is 15.6. The van der Waals surface area contributed by atoms with Crippen LogP contribution in [0.25, 0.3) is 17.0 Å². The molecule has 0 saturated carbocycles. The van der Waals surface area contributed by atoms with E-state index in [-0.39, 0.29) is 0 Å². The Bertz CT molecular complexity index is 689. The molecule has 5 nitrogen and oxygen atoms in total. The van der Waals surface area contributed by atoms with Crippen LogP contribution in [0.15, 0.2) is 30.7 Å². The Morgan fingerprint density at radius 1 is 0.913 bits per heavy atom. The quantitative estimate of drug-likeness (QED) is 0.642. The molecule has 0 fully saturated rings. The van der Waals surface area contributed by atoms with Gasteiger partial charge >= 0.3 is 0 Å². The zero-order valence-corrected chi connectivity index (χ0v) is 15.6. The van der Waals surface area contributed by atoms with Crippen LogP contribution in [0.4, 0.5) is 0 Å². The molecule has 0 unspecified atom stereocenters. The van der Waals surface area contributed by atoms with Crippen molar-refractivity contribution in [2.24, 2.45) is 0 Å². The van der Waals surface area contributed by atoms with Crippen molar-refractivity contribution in [3.05, 3.63) is 42.1 Å². The maximum Gasteiger partial charge on any atom is 0.154 e. The number of imidazole rings is 1. The van der Waals surface area contributed by atoms with Crippen LogP contribution < -0.4 is 0 Å². The first-order valence-corrected chi connectivity index (χ1v) is 8.35. The molecule has 23 heavy (non-hydrogen) atoms. The molecule has 3 heterocycles. The van der Waals surface area contributed by atoms with Gasteiger partial charge in [-0.25, -0.2) is 19.5 Å². The lowest BCUT2D eigenvalue weighted by Crippen LogP contribution is -1.96. The van der Waals surface area contributed by atoms with Crippen molar-refractivity contribution in [1.82, 2.24) is 24.6 Å². The summed E-state index contributed by atoms with van der Waals surface area (Å²) in [5, 5.41) is 4.30. The van der Waals surface area contributed by atoms with Gasteiger partial charge in [0.05, 0.1) is 11.4 Å². The van der Waals surface area contributed by atoms with E-state index in [2.05, 4.69) is 20.1 Å². The van der Waals surface area contributed by atoms with Crippen molar-refractivity contribution in [2.75, 3.05) is 0 Å². The fourth-order valence-electron chi connectivity index (χ4n) is 1.88. The van der Waals surface area contributed by atoms with Gasteiger partial charge in [-0.3, -0.25) is 0 Å². The number of aromatic nitrogens is 5. The molecule has 0 bridgehead atoms. The van der Waals surface area contributed by atoms with Crippen LogP contribution in [-0.2, 0) is 0 Å². The highest BCUT2D eigenvalue weighted by Crippen LogP contribution is 2.21. The van der Waals surface area contributed by atoms with Crippen LogP contribution in [0, 0.1) is 13.8 Å². The number of hydrogen-bond acceptors (Lipinski definition) is 4. The van der Waals surface area contributed by atoms with Crippen molar-refractivity contribution in [3.8, 4) is 11.4 Å². The fraction of sp³-hybridized carbons (Fsp3) is 0.444. The van der Waals surface area contributed by atoms with E-state index in [1.807, 2.05) is 73.6 Å². The smallest absolute Gasteiger partial charge is 0.154 e. The summed E-state index contributed by atoms with van der Waals surface area (Å²) in [5.74, 6) is 0. The highest BCUT2D eigenvalue weighted by Gasteiger charge is 2.12. The Kier molecular flexibility index (Phi) is 10.2. The minimum Gasteiger partial charge on any atom is -0.242 e. The minimum atomic E-state index is 0.830. The third-order valence-electron chi connectivity index (χ3n) is 2.61. The Morgan fingerprint density at radius 3 is 2.17 bits per heavy atom. The standard InChI is InChI=1S/C12H11N5.3C2H6/c1-8-6-10(14-7-13-8)12-9(2)16-11-4-3-5-15-17(11)12;3*1-2/h3-7H,1-2H3;3*1-2H3. The van der Waals surface area contributed by atoms with E-state index >= 15 is 0 Å². The third-order valence-corrected chi connectivity index (χ3v) is 2.61. The van der Waals surface area contributed by atoms with Crippen LogP contribution in [0.1, 0.15) is 52.9 Å². The fourth-order valence-corrected chi connectivity index (χ4v) is 1.88. The number of fused-ring (bicyclic) bond motifs is 1. The van der Waals surface area contributed by atoms with Gasteiger partial charge in [-0.2, -0.15) is 5.10 Å². The Morgan fingerprint density at radius 2 is 1.57 bits per heavy atom. The topological polar surface area (TPSA) is 56.0 Å². The maximum atomic E-state index is 4.46. The molecular weight excluding hydrogens is 286 g/mol. The van der Waals surface area contributed by atoms with Crippen LogP contribution >= 0.6 is 0 Å². The second kappa shape index (κ2) is 11.3. The second-order valence-corrected chi connectivity index (χ2v) is 3.88. The molecule has 5 heteroatoms. The van der Waals surface area contributed by atoms with Gasteiger partial charge in [0, 0.05) is 11.9 Å². The van der Waals surface area contributed by atoms with Gasteiger partial charge in [-0.1, -0.05) is 41.5 Å². The van der Waals surface area contributed by atoms with Crippen molar-refractivity contribution < 1.29 is 0 Å². The van der Waals surface area contributed by atoms with Crippen LogP contribution in [0.3, 0.4) is 0 Å². The summed E-state index contributed by atoms with van der Waals surface area (Å²) in [6.45, 7) is 15.9. The number of nitrogens with zero attached hydrogens (tertiary/aromatic N) is 5. The maximum absolute atomic E-state index is 4.46. The largest absolute Gasteiger partial charge is 0.242 e. The van der Waals surface area contributed by atoms with Gasteiger partial charge in [0.25, 0.3) is 0 Å². The number of aryl methyl sites for hydroxylation is 2. The average molecular weight is 315 g/mol. The Hall–Kier alpha value is -2.30. The van der Waals surface area contributed by atoms with E-state index in [1.165, 1.54) is 0 Å². The van der Waals surface area contributed by atoms with Crippen molar-refractivity contribution >= 4 is 5.65 Å². The average Bonchev–Trinajstić information content (AvgIpc) is 2.96. The molecule has 0 radical (unpaired) electrons. The molecule has 0 aliphatic carbocycles. The summed E-state index contributed by atoms with van der Waals surface area (Å²) >= 11 is 0. The summed E-state index contributed by atoms with van der Waals surface area (Å²) in [5.41, 5.74) is 4.45. The first-order valence-electron chi connectivity index (χ1n) is 8.35. The Balaban J connectivity index is 0.000000728. The van der Waals surface area contributed by atoms with Gasteiger partial charge in [-0.15, -0.1) is 0 Å².